The minimum atomic E-state index is -0.472. The summed E-state index contributed by atoms with van der Waals surface area (Å²) < 4.78 is 0. The van der Waals surface area contributed by atoms with Crippen LogP contribution in [0.15, 0.2) is 18.5 Å². The minimum Gasteiger partial charge on any atom is -0.341 e. The van der Waals surface area contributed by atoms with E-state index in [9.17, 15) is 14.4 Å². The summed E-state index contributed by atoms with van der Waals surface area (Å²) in [7, 11) is 0. The summed E-state index contributed by atoms with van der Waals surface area (Å²) in [6.07, 6.45) is 8.03. The molecule has 0 spiro atoms. The highest BCUT2D eigenvalue weighted by Gasteiger charge is 2.42. The number of likely N-dealkylation sites (tertiary alicyclic amines) is 1. The molecule has 0 aromatic carbocycles. The zero-order valence-electron chi connectivity index (χ0n) is 14.8. The number of rotatable bonds is 3. The Morgan fingerprint density at radius 1 is 1.08 bits per heavy atom. The SMILES string of the molecule is N[C@H](C(=O)N1CCCC1)[C@H]1CC[C@H](N2C(=O)c3ccncc3C2=O)CC1. The number of fused-ring (bicyclic) bond motifs is 1. The molecule has 1 saturated carbocycles. The zero-order chi connectivity index (χ0) is 18.3. The summed E-state index contributed by atoms with van der Waals surface area (Å²) in [6.45, 7) is 1.62. The van der Waals surface area contributed by atoms with Gasteiger partial charge in [0.1, 0.15) is 0 Å². The number of nitrogens with two attached hydrogens (primary N) is 1. The van der Waals surface area contributed by atoms with E-state index in [-0.39, 0.29) is 29.7 Å². The number of carbonyl (C=O) groups is 3. The van der Waals surface area contributed by atoms with Gasteiger partial charge < -0.3 is 10.6 Å². The maximum absolute atomic E-state index is 12.6. The third kappa shape index (κ3) is 2.80. The smallest absolute Gasteiger partial charge is 0.263 e. The lowest BCUT2D eigenvalue weighted by molar-refractivity contribution is -0.133. The highest BCUT2D eigenvalue weighted by atomic mass is 16.2. The summed E-state index contributed by atoms with van der Waals surface area (Å²) in [5.74, 6) is -0.304. The maximum Gasteiger partial charge on any atom is 0.263 e. The average Bonchev–Trinajstić information content (AvgIpc) is 3.29. The third-order valence-corrected chi connectivity index (χ3v) is 6.04. The van der Waals surface area contributed by atoms with Gasteiger partial charge in [-0.3, -0.25) is 24.3 Å². The fourth-order valence-corrected chi connectivity index (χ4v) is 4.50. The van der Waals surface area contributed by atoms with Crippen LogP contribution in [-0.4, -0.2) is 57.7 Å². The number of amides is 3. The normalized spacial score (nSPS) is 27.0. The van der Waals surface area contributed by atoms with Crippen molar-refractivity contribution < 1.29 is 14.4 Å². The van der Waals surface area contributed by atoms with E-state index in [1.54, 1.807) is 6.07 Å². The fourth-order valence-electron chi connectivity index (χ4n) is 4.50. The monoisotopic (exact) mass is 356 g/mol. The Bertz CT molecular complexity index is 701. The maximum atomic E-state index is 12.6. The standard InChI is InChI=1S/C19H24N4O3/c20-16(19(26)22-9-1-2-10-22)12-3-5-13(6-4-12)23-17(24)14-7-8-21-11-15(14)18(23)25/h7-8,11-13,16H,1-6,9-10,20H2/t12-,13-,16-/m0/s1. The topological polar surface area (TPSA) is 96.6 Å². The Labute approximate surface area is 152 Å². The van der Waals surface area contributed by atoms with Crippen LogP contribution in [0, 0.1) is 5.92 Å². The Morgan fingerprint density at radius 2 is 1.73 bits per heavy atom. The van der Waals surface area contributed by atoms with Crippen molar-refractivity contribution >= 4 is 17.7 Å². The van der Waals surface area contributed by atoms with E-state index < -0.39 is 6.04 Å². The van der Waals surface area contributed by atoms with E-state index in [4.69, 9.17) is 5.73 Å². The lowest BCUT2D eigenvalue weighted by Gasteiger charge is -2.36. The van der Waals surface area contributed by atoms with Crippen LogP contribution in [-0.2, 0) is 4.79 Å². The van der Waals surface area contributed by atoms with Gasteiger partial charge >= 0.3 is 0 Å². The van der Waals surface area contributed by atoms with Crippen LogP contribution in [0.25, 0.3) is 0 Å². The summed E-state index contributed by atoms with van der Waals surface area (Å²) in [4.78, 5) is 44.9. The number of hydrogen-bond acceptors (Lipinski definition) is 5. The second kappa shape index (κ2) is 6.79. The second-order valence-electron chi connectivity index (χ2n) is 7.53. The molecule has 26 heavy (non-hydrogen) atoms. The van der Waals surface area contributed by atoms with Crippen LogP contribution in [0.2, 0.25) is 0 Å². The molecule has 0 unspecified atom stereocenters. The van der Waals surface area contributed by atoms with Crippen LogP contribution in [0.5, 0.6) is 0 Å². The zero-order valence-corrected chi connectivity index (χ0v) is 14.8. The highest BCUT2D eigenvalue weighted by molar-refractivity contribution is 6.21. The molecule has 3 amide bonds. The first-order valence-electron chi connectivity index (χ1n) is 9.44. The van der Waals surface area contributed by atoms with E-state index in [0.717, 1.165) is 38.8 Å². The predicted molar refractivity (Wildman–Crippen MR) is 94.3 cm³/mol. The van der Waals surface area contributed by atoms with E-state index in [1.807, 2.05) is 4.90 Å². The fraction of sp³-hybridized carbons (Fsp3) is 0.579. The molecule has 1 aliphatic carbocycles. The number of nitrogens with zero attached hydrogens (tertiary/aromatic N) is 3. The molecule has 2 aliphatic heterocycles. The summed E-state index contributed by atoms with van der Waals surface area (Å²) in [5.41, 5.74) is 7.07. The van der Waals surface area contributed by atoms with Crippen molar-refractivity contribution in [2.45, 2.75) is 50.6 Å². The predicted octanol–water partition coefficient (Wildman–Crippen LogP) is 1.19. The van der Waals surface area contributed by atoms with Crippen LogP contribution in [0.3, 0.4) is 0 Å². The van der Waals surface area contributed by atoms with Gasteiger partial charge in [-0.2, -0.15) is 0 Å². The lowest BCUT2D eigenvalue weighted by Crippen LogP contribution is -2.49. The van der Waals surface area contributed by atoms with Crippen LogP contribution in [0.4, 0.5) is 0 Å². The van der Waals surface area contributed by atoms with Crippen molar-refractivity contribution in [1.82, 2.24) is 14.8 Å². The van der Waals surface area contributed by atoms with Crippen molar-refractivity contribution in [3.05, 3.63) is 29.6 Å². The van der Waals surface area contributed by atoms with Gasteiger partial charge in [-0.15, -0.1) is 0 Å². The molecule has 1 saturated heterocycles. The molecule has 1 aromatic heterocycles. The molecule has 1 atom stereocenters. The molecule has 0 radical (unpaired) electrons. The van der Waals surface area contributed by atoms with Crippen molar-refractivity contribution in [3.8, 4) is 0 Å². The lowest BCUT2D eigenvalue weighted by atomic mass is 9.81. The van der Waals surface area contributed by atoms with Crippen LogP contribution >= 0.6 is 0 Å². The molecule has 2 fully saturated rings. The van der Waals surface area contributed by atoms with Crippen molar-refractivity contribution in [3.63, 3.8) is 0 Å². The highest BCUT2D eigenvalue weighted by Crippen LogP contribution is 2.34. The van der Waals surface area contributed by atoms with Crippen molar-refractivity contribution in [2.24, 2.45) is 11.7 Å². The second-order valence-corrected chi connectivity index (χ2v) is 7.53. The van der Waals surface area contributed by atoms with Crippen LogP contribution in [0.1, 0.15) is 59.2 Å². The number of pyridine rings is 1. The van der Waals surface area contributed by atoms with Gasteiger partial charge in [0.15, 0.2) is 0 Å². The molecule has 0 bridgehead atoms. The molecule has 2 N–H and O–H groups in total. The van der Waals surface area contributed by atoms with Crippen molar-refractivity contribution in [1.29, 1.82) is 0 Å². The molecular formula is C19H24N4O3. The molecule has 3 heterocycles. The first-order valence-corrected chi connectivity index (χ1v) is 9.44. The molecule has 1 aromatic rings. The van der Waals surface area contributed by atoms with Gasteiger partial charge in [-0.25, -0.2) is 0 Å². The first kappa shape index (κ1) is 17.1. The molecule has 3 aliphatic rings. The number of hydrogen-bond donors (Lipinski definition) is 1. The van der Waals surface area contributed by atoms with Gasteiger partial charge in [0.25, 0.3) is 11.8 Å². The van der Waals surface area contributed by atoms with E-state index in [0.29, 0.717) is 24.0 Å². The molecular weight excluding hydrogens is 332 g/mol. The van der Waals surface area contributed by atoms with Gasteiger partial charge in [0, 0.05) is 31.5 Å². The Morgan fingerprint density at radius 3 is 2.38 bits per heavy atom. The Kier molecular flexibility index (Phi) is 4.48. The van der Waals surface area contributed by atoms with Crippen molar-refractivity contribution in [2.75, 3.05) is 13.1 Å². The number of carbonyl (C=O) groups excluding carboxylic acids is 3. The van der Waals surface area contributed by atoms with E-state index >= 15 is 0 Å². The number of aromatic nitrogens is 1. The molecule has 7 heteroatoms. The van der Waals surface area contributed by atoms with Crippen LogP contribution < -0.4 is 5.73 Å². The summed E-state index contributed by atoms with van der Waals surface area (Å²) >= 11 is 0. The first-order chi connectivity index (χ1) is 12.6. The van der Waals surface area contributed by atoms with Gasteiger partial charge in [-0.1, -0.05) is 0 Å². The van der Waals surface area contributed by atoms with E-state index in [2.05, 4.69) is 4.98 Å². The molecule has 7 nitrogen and oxygen atoms in total. The minimum absolute atomic E-state index is 0.0535. The third-order valence-electron chi connectivity index (χ3n) is 6.04. The van der Waals surface area contributed by atoms with Gasteiger partial charge in [0.05, 0.1) is 17.2 Å². The van der Waals surface area contributed by atoms with Gasteiger partial charge in [0.2, 0.25) is 5.91 Å². The quantitative estimate of drug-likeness (QED) is 0.821. The number of imide groups is 1. The largest absolute Gasteiger partial charge is 0.341 e. The Balaban J connectivity index is 1.39. The average molecular weight is 356 g/mol. The molecule has 138 valence electrons. The Hall–Kier alpha value is -2.28. The molecule has 4 rings (SSSR count). The van der Waals surface area contributed by atoms with E-state index in [1.165, 1.54) is 17.3 Å². The van der Waals surface area contributed by atoms with Gasteiger partial charge in [-0.05, 0) is 50.5 Å². The summed E-state index contributed by atoms with van der Waals surface area (Å²) in [6, 6.07) is 1.01. The summed E-state index contributed by atoms with van der Waals surface area (Å²) in [5, 5.41) is 0.